The van der Waals surface area contributed by atoms with Crippen molar-refractivity contribution in [3.8, 4) is 5.75 Å². The molecule has 0 saturated carbocycles. The number of nitrogens with two attached hydrogens (primary N) is 1. The van der Waals surface area contributed by atoms with Crippen LogP contribution >= 0.6 is 15.9 Å². The van der Waals surface area contributed by atoms with Gasteiger partial charge >= 0.3 is 0 Å². The lowest BCUT2D eigenvalue weighted by Crippen LogP contribution is -2.12. The third kappa shape index (κ3) is 1.93. The summed E-state index contributed by atoms with van der Waals surface area (Å²) < 4.78 is 6.34. The van der Waals surface area contributed by atoms with E-state index < -0.39 is 0 Å². The molecule has 0 radical (unpaired) electrons. The molecular formula is C13H16BrN3O. The molecule has 96 valence electrons. The lowest BCUT2D eigenvalue weighted by molar-refractivity contribution is 0.420. The molecule has 0 fully saturated rings. The number of rotatable bonds is 3. The summed E-state index contributed by atoms with van der Waals surface area (Å²) in [6, 6.07) is 3.84. The molecule has 2 rings (SSSR count). The minimum Gasteiger partial charge on any atom is -0.496 e. The van der Waals surface area contributed by atoms with Crippen LogP contribution in [0.4, 0.5) is 5.69 Å². The summed E-state index contributed by atoms with van der Waals surface area (Å²) >= 11 is 3.52. The number of hydrazine groups is 1. The van der Waals surface area contributed by atoms with Gasteiger partial charge in [-0.15, -0.1) is 0 Å². The van der Waals surface area contributed by atoms with E-state index in [1.54, 1.807) is 7.11 Å². The van der Waals surface area contributed by atoms with Crippen LogP contribution in [0.2, 0.25) is 0 Å². The van der Waals surface area contributed by atoms with Crippen molar-refractivity contribution in [2.45, 2.75) is 20.3 Å². The Balaban J connectivity index is 2.97. The SMILES string of the molecule is CCc1c(C)nc2c(Br)ccc(OC)c2c1NN. The van der Waals surface area contributed by atoms with Gasteiger partial charge in [0.05, 0.1) is 23.7 Å². The maximum Gasteiger partial charge on any atom is 0.130 e. The number of nitrogens with zero attached hydrogens (tertiary/aromatic N) is 1. The van der Waals surface area contributed by atoms with E-state index in [0.29, 0.717) is 0 Å². The maximum atomic E-state index is 5.69. The molecule has 4 nitrogen and oxygen atoms in total. The third-order valence-corrected chi connectivity index (χ3v) is 3.72. The van der Waals surface area contributed by atoms with Crippen molar-refractivity contribution in [3.63, 3.8) is 0 Å². The predicted octanol–water partition coefficient (Wildman–Crippen LogP) is 3.16. The number of aromatic nitrogens is 1. The number of aryl methyl sites for hydroxylation is 1. The fourth-order valence-corrected chi connectivity index (χ4v) is 2.65. The zero-order valence-electron chi connectivity index (χ0n) is 10.7. The summed E-state index contributed by atoms with van der Waals surface area (Å²) in [7, 11) is 1.65. The maximum absolute atomic E-state index is 5.69. The first-order chi connectivity index (χ1) is 8.63. The monoisotopic (exact) mass is 309 g/mol. The van der Waals surface area contributed by atoms with Gasteiger partial charge < -0.3 is 10.2 Å². The second-order valence-corrected chi connectivity index (χ2v) is 4.88. The average molecular weight is 310 g/mol. The van der Waals surface area contributed by atoms with E-state index in [0.717, 1.165) is 44.5 Å². The Hall–Kier alpha value is -1.33. The van der Waals surface area contributed by atoms with Gasteiger partial charge in [0.2, 0.25) is 0 Å². The first-order valence-corrected chi connectivity index (χ1v) is 6.55. The molecule has 0 aliphatic rings. The number of ether oxygens (including phenoxy) is 1. The molecular weight excluding hydrogens is 294 g/mol. The largest absolute Gasteiger partial charge is 0.496 e. The van der Waals surface area contributed by atoms with Gasteiger partial charge in [0, 0.05) is 10.2 Å². The highest BCUT2D eigenvalue weighted by Crippen LogP contribution is 2.38. The van der Waals surface area contributed by atoms with Gasteiger partial charge in [-0.2, -0.15) is 0 Å². The van der Waals surface area contributed by atoms with Crippen LogP contribution in [0.5, 0.6) is 5.75 Å². The Morgan fingerprint density at radius 2 is 2.17 bits per heavy atom. The van der Waals surface area contributed by atoms with E-state index in [9.17, 15) is 0 Å². The molecule has 1 aromatic carbocycles. The van der Waals surface area contributed by atoms with E-state index in [2.05, 4.69) is 33.3 Å². The number of pyridine rings is 1. The van der Waals surface area contributed by atoms with Crippen molar-refractivity contribution in [2.75, 3.05) is 12.5 Å². The fourth-order valence-electron chi connectivity index (χ4n) is 2.23. The second-order valence-electron chi connectivity index (χ2n) is 4.02. The Bertz CT molecular complexity index is 599. The number of methoxy groups -OCH3 is 1. The van der Waals surface area contributed by atoms with Crippen LogP contribution in [0.25, 0.3) is 10.9 Å². The standard InChI is InChI=1S/C13H16BrN3O/c1-4-8-7(2)16-13-9(14)5-6-10(18-3)11(13)12(8)17-15/h5-6H,4,15H2,1-3H3,(H,16,17). The van der Waals surface area contributed by atoms with E-state index in [-0.39, 0.29) is 0 Å². The molecule has 0 aliphatic carbocycles. The van der Waals surface area contributed by atoms with E-state index in [4.69, 9.17) is 10.6 Å². The quantitative estimate of drug-likeness (QED) is 0.675. The Labute approximate surface area is 115 Å². The van der Waals surface area contributed by atoms with Gasteiger partial charge in [0.15, 0.2) is 0 Å². The zero-order chi connectivity index (χ0) is 13.3. The Morgan fingerprint density at radius 1 is 1.44 bits per heavy atom. The van der Waals surface area contributed by atoms with Gasteiger partial charge in [0.1, 0.15) is 5.75 Å². The number of halogens is 1. The molecule has 0 saturated heterocycles. The van der Waals surface area contributed by atoms with Crippen molar-refractivity contribution in [1.82, 2.24) is 4.98 Å². The normalized spacial score (nSPS) is 10.7. The van der Waals surface area contributed by atoms with Crippen molar-refractivity contribution in [3.05, 3.63) is 27.9 Å². The smallest absolute Gasteiger partial charge is 0.130 e. The lowest BCUT2D eigenvalue weighted by Gasteiger charge is -2.16. The minimum absolute atomic E-state index is 0.767. The van der Waals surface area contributed by atoms with Crippen molar-refractivity contribution in [2.24, 2.45) is 5.84 Å². The zero-order valence-corrected chi connectivity index (χ0v) is 12.3. The van der Waals surface area contributed by atoms with Gasteiger partial charge in [-0.1, -0.05) is 6.92 Å². The van der Waals surface area contributed by atoms with E-state index in [1.165, 1.54) is 0 Å². The summed E-state index contributed by atoms with van der Waals surface area (Å²) in [6.07, 6.45) is 0.865. The third-order valence-electron chi connectivity index (χ3n) is 3.08. The van der Waals surface area contributed by atoms with Crippen LogP contribution < -0.4 is 16.0 Å². The van der Waals surface area contributed by atoms with Gasteiger partial charge in [-0.3, -0.25) is 10.8 Å². The number of anilines is 1. The van der Waals surface area contributed by atoms with Crippen LogP contribution in [0.1, 0.15) is 18.2 Å². The molecule has 1 aromatic heterocycles. The van der Waals surface area contributed by atoms with Crippen molar-refractivity contribution < 1.29 is 4.74 Å². The summed E-state index contributed by atoms with van der Waals surface area (Å²) in [5.41, 5.74) is 6.63. The highest BCUT2D eigenvalue weighted by atomic mass is 79.9. The number of hydrogen-bond donors (Lipinski definition) is 2. The van der Waals surface area contributed by atoms with Gasteiger partial charge in [-0.25, -0.2) is 0 Å². The number of benzene rings is 1. The highest BCUT2D eigenvalue weighted by Gasteiger charge is 2.16. The Kier molecular flexibility index (Phi) is 3.73. The summed E-state index contributed by atoms with van der Waals surface area (Å²) in [6.45, 7) is 4.08. The number of nitrogen functional groups attached to an aromatic ring is 1. The molecule has 0 unspecified atom stereocenters. The lowest BCUT2D eigenvalue weighted by atomic mass is 10.0. The van der Waals surface area contributed by atoms with Crippen LogP contribution in [0, 0.1) is 6.92 Å². The second kappa shape index (κ2) is 5.12. The topological polar surface area (TPSA) is 60.2 Å². The first-order valence-electron chi connectivity index (χ1n) is 5.76. The Morgan fingerprint density at radius 3 is 2.72 bits per heavy atom. The van der Waals surface area contributed by atoms with Crippen LogP contribution in [0.15, 0.2) is 16.6 Å². The minimum atomic E-state index is 0.767. The molecule has 2 aromatic rings. The molecule has 0 atom stereocenters. The van der Waals surface area contributed by atoms with Crippen LogP contribution in [-0.4, -0.2) is 12.1 Å². The highest BCUT2D eigenvalue weighted by molar-refractivity contribution is 9.10. The number of fused-ring (bicyclic) bond motifs is 1. The van der Waals surface area contributed by atoms with Gasteiger partial charge in [-0.05, 0) is 47.0 Å². The van der Waals surface area contributed by atoms with Crippen LogP contribution in [0.3, 0.4) is 0 Å². The first kappa shape index (κ1) is 13.1. The van der Waals surface area contributed by atoms with Gasteiger partial charge in [0.25, 0.3) is 0 Å². The molecule has 0 spiro atoms. The summed E-state index contributed by atoms with van der Waals surface area (Å²) in [5, 5.41) is 0.914. The van der Waals surface area contributed by atoms with E-state index in [1.807, 2.05) is 19.1 Å². The van der Waals surface area contributed by atoms with Crippen molar-refractivity contribution in [1.29, 1.82) is 0 Å². The van der Waals surface area contributed by atoms with Crippen LogP contribution in [-0.2, 0) is 6.42 Å². The molecule has 1 heterocycles. The number of hydrogen-bond acceptors (Lipinski definition) is 4. The number of nitrogens with one attached hydrogen (secondary N) is 1. The molecule has 0 aliphatic heterocycles. The summed E-state index contributed by atoms with van der Waals surface area (Å²) in [5.74, 6) is 6.45. The fraction of sp³-hybridized carbons (Fsp3) is 0.308. The molecule has 0 bridgehead atoms. The predicted molar refractivity (Wildman–Crippen MR) is 77.9 cm³/mol. The molecule has 18 heavy (non-hydrogen) atoms. The molecule has 5 heteroatoms. The average Bonchev–Trinajstić information content (AvgIpc) is 2.38. The molecule has 0 amide bonds. The molecule has 3 N–H and O–H groups in total. The van der Waals surface area contributed by atoms with Crippen molar-refractivity contribution >= 4 is 32.5 Å². The van der Waals surface area contributed by atoms with E-state index >= 15 is 0 Å². The summed E-state index contributed by atoms with van der Waals surface area (Å²) in [4.78, 5) is 4.64.